The largest absolute Gasteiger partial charge is 0.493 e. The molecule has 36 heavy (non-hydrogen) atoms. The molecule has 0 saturated carbocycles. The predicted octanol–water partition coefficient (Wildman–Crippen LogP) is 7.34. The van der Waals surface area contributed by atoms with Crippen molar-refractivity contribution in [1.82, 2.24) is 4.90 Å². The van der Waals surface area contributed by atoms with Gasteiger partial charge in [-0.2, -0.15) is 5.26 Å². The van der Waals surface area contributed by atoms with E-state index in [1.165, 1.54) is 7.11 Å². The molecule has 0 aromatic heterocycles. The first-order valence-electron chi connectivity index (χ1n) is 10.5. The fourth-order valence-corrected chi connectivity index (χ4v) is 4.91. The molecule has 1 saturated heterocycles. The Kier molecular flexibility index (Phi) is 8.12. The Morgan fingerprint density at radius 2 is 1.81 bits per heavy atom. The first-order valence-corrected chi connectivity index (χ1v) is 12.4. The van der Waals surface area contributed by atoms with Crippen LogP contribution in [0.5, 0.6) is 11.5 Å². The summed E-state index contributed by atoms with van der Waals surface area (Å²) >= 11 is 19.3. The minimum absolute atomic E-state index is 0.0112. The van der Waals surface area contributed by atoms with E-state index in [9.17, 15) is 14.9 Å². The van der Waals surface area contributed by atoms with Gasteiger partial charge in [-0.05, 0) is 64.9 Å². The second-order valence-electron chi connectivity index (χ2n) is 7.61. The number of nitrogens with zero attached hydrogens (tertiary/aromatic N) is 2. The number of thioether (sulfide) groups is 1. The van der Waals surface area contributed by atoms with E-state index in [2.05, 4.69) is 6.07 Å². The second kappa shape index (κ2) is 11.3. The molecule has 0 N–H and O–H groups in total. The number of nitriles is 1. The summed E-state index contributed by atoms with van der Waals surface area (Å²) in [4.78, 5) is 26.9. The SMILES string of the molecule is COc1cc(/C=C2/SC(=O)N(Cc3ccccc3C#N)C2=O)cc(Cl)c1OCc1ccc(Cl)c(Cl)c1. The molecule has 1 fully saturated rings. The van der Waals surface area contributed by atoms with Gasteiger partial charge in [-0.1, -0.05) is 59.1 Å². The highest BCUT2D eigenvalue weighted by Crippen LogP contribution is 2.40. The summed E-state index contributed by atoms with van der Waals surface area (Å²) < 4.78 is 11.3. The van der Waals surface area contributed by atoms with E-state index in [1.807, 2.05) is 0 Å². The van der Waals surface area contributed by atoms with Crippen LogP contribution in [0.15, 0.2) is 59.5 Å². The van der Waals surface area contributed by atoms with Crippen molar-refractivity contribution in [2.45, 2.75) is 13.2 Å². The van der Waals surface area contributed by atoms with Gasteiger partial charge >= 0.3 is 0 Å². The number of hydrogen-bond donors (Lipinski definition) is 0. The number of imide groups is 1. The average molecular weight is 560 g/mol. The molecule has 10 heteroatoms. The lowest BCUT2D eigenvalue weighted by molar-refractivity contribution is -0.123. The predicted molar refractivity (Wildman–Crippen MR) is 141 cm³/mol. The van der Waals surface area contributed by atoms with Crippen molar-refractivity contribution in [2.24, 2.45) is 0 Å². The molecule has 3 aromatic rings. The lowest BCUT2D eigenvalue weighted by atomic mass is 10.1. The molecule has 6 nitrogen and oxygen atoms in total. The zero-order valence-corrected chi connectivity index (χ0v) is 21.8. The molecule has 0 aliphatic carbocycles. The van der Waals surface area contributed by atoms with Crippen LogP contribution in [0.3, 0.4) is 0 Å². The van der Waals surface area contributed by atoms with Crippen LogP contribution in [0, 0.1) is 11.3 Å². The third-order valence-electron chi connectivity index (χ3n) is 5.26. The number of halogens is 3. The van der Waals surface area contributed by atoms with Gasteiger partial charge in [0.1, 0.15) is 6.61 Å². The summed E-state index contributed by atoms with van der Waals surface area (Å²) in [6.45, 7) is 0.187. The maximum absolute atomic E-state index is 13.0. The zero-order chi connectivity index (χ0) is 25.8. The monoisotopic (exact) mass is 558 g/mol. The normalized spacial score (nSPS) is 14.3. The van der Waals surface area contributed by atoms with Gasteiger partial charge in [0, 0.05) is 0 Å². The second-order valence-corrected chi connectivity index (χ2v) is 9.82. The van der Waals surface area contributed by atoms with Gasteiger partial charge in [-0.3, -0.25) is 14.5 Å². The molecule has 0 unspecified atom stereocenters. The van der Waals surface area contributed by atoms with E-state index in [1.54, 1.807) is 60.7 Å². The Morgan fingerprint density at radius 1 is 1.03 bits per heavy atom. The van der Waals surface area contributed by atoms with Gasteiger partial charge in [0.2, 0.25) is 0 Å². The van der Waals surface area contributed by atoms with Crippen molar-refractivity contribution in [3.8, 4) is 17.6 Å². The molecular formula is C26H17Cl3N2O4S. The lowest BCUT2D eigenvalue weighted by Crippen LogP contribution is -2.27. The summed E-state index contributed by atoms with van der Waals surface area (Å²) in [5.41, 5.74) is 2.35. The van der Waals surface area contributed by atoms with Gasteiger partial charge in [0.15, 0.2) is 11.5 Å². The fraction of sp³-hybridized carbons (Fsp3) is 0.115. The Bertz CT molecular complexity index is 1440. The smallest absolute Gasteiger partial charge is 0.293 e. The van der Waals surface area contributed by atoms with Crippen LogP contribution >= 0.6 is 46.6 Å². The minimum Gasteiger partial charge on any atom is -0.493 e. The number of ether oxygens (including phenoxy) is 2. The molecule has 1 aliphatic heterocycles. The first kappa shape index (κ1) is 25.9. The highest BCUT2D eigenvalue weighted by molar-refractivity contribution is 8.18. The van der Waals surface area contributed by atoms with Crippen molar-refractivity contribution < 1.29 is 19.1 Å². The van der Waals surface area contributed by atoms with E-state index in [-0.39, 0.29) is 23.1 Å². The van der Waals surface area contributed by atoms with Gasteiger partial charge in [0.05, 0.1) is 45.3 Å². The van der Waals surface area contributed by atoms with Crippen molar-refractivity contribution in [3.63, 3.8) is 0 Å². The molecular weight excluding hydrogens is 543 g/mol. The topological polar surface area (TPSA) is 79.6 Å². The van der Waals surface area contributed by atoms with Crippen LogP contribution in [0.1, 0.15) is 22.3 Å². The Hall–Kier alpha value is -3.15. The van der Waals surface area contributed by atoms with Crippen molar-refractivity contribution in [2.75, 3.05) is 7.11 Å². The van der Waals surface area contributed by atoms with Crippen LogP contribution < -0.4 is 9.47 Å². The minimum atomic E-state index is -0.451. The summed E-state index contributed by atoms with van der Waals surface area (Å²) in [6.07, 6.45) is 1.57. The molecule has 0 atom stereocenters. The zero-order valence-electron chi connectivity index (χ0n) is 18.8. The maximum Gasteiger partial charge on any atom is 0.293 e. The first-order chi connectivity index (χ1) is 17.3. The Balaban J connectivity index is 1.54. The molecule has 182 valence electrons. The molecule has 2 amide bonds. The van der Waals surface area contributed by atoms with Gasteiger partial charge < -0.3 is 9.47 Å². The highest BCUT2D eigenvalue weighted by atomic mass is 35.5. The van der Waals surface area contributed by atoms with E-state index < -0.39 is 11.1 Å². The van der Waals surface area contributed by atoms with E-state index in [0.717, 1.165) is 22.2 Å². The number of methoxy groups -OCH3 is 1. The fourth-order valence-electron chi connectivity index (χ4n) is 3.47. The summed E-state index contributed by atoms with van der Waals surface area (Å²) in [6, 6.07) is 17.4. The number of carbonyl (C=O) groups excluding carboxylic acids is 2. The third-order valence-corrected chi connectivity index (χ3v) is 7.18. The van der Waals surface area contributed by atoms with E-state index >= 15 is 0 Å². The quantitative estimate of drug-likeness (QED) is 0.282. The molecule has 3 aromatic carbocycles. The third kappa shape index (κ3) is 5.63. The van der Waals surface area contributed by atoms with Crippen LogP contribution in [-0.4, -0.2) is 23.2 Å². The average Bonchev–Trinajstić information content (AvgIpc) is 3.12. The molecule has 0 spiro atoms. The summed E-state index contributed by atoms with van der Waals surface area (Å²) in [5.74, 6) is 0.229. The molecule has 0 radical (unpaired) electrons. The van der Waals surface area contributed by atoms with Crippen molar-refractivity contribution in [1.29, 1.82) is 5.26 Å². The van der Waals surface area contributed by atoms with Crippen molar-refractivity contribution in [3.05, 3.63) is 96.8 Å². The molecule has 1 heterocycles. The Labute approximate surface area is 227 Å². The maximum atomic E-state index is 13.0. The molecule has 0 bridgehead atoms. The Morgan fingerprint density at radius 3 is 2.53 bits per heavy atom. The van der Waals surface area contributed by atoms with E-state index in [4.69, 9.17) is 44.3 Å². The van der Waals surface area contributed by atoms with Gasteiger partial charge in [-0.25, -0.2) is 0 Å². The number of hydrogen-bond acceptors (Lipinski definition) is 6. The van der Waals surface area contributed by atoms with Crippen LogP contribution in [0.4, 0.5) is 4.79 Å². The van der Waals surface area contributed by atoms with Gasteiger partial charge in [-0.15, -0.1) is 0 Å². The van der Waals surface area contributed by atoms with Crippen molar-refractivity contribution >= 4 is 63.8 Å². The van der Waals surface area contributed by atoms with Crippen LogP contribution in [-0.2, 0) is 17.9 Å². The summed E-state index contributed by atoms with van der Waals surface area (Å²) in [7, 11) is 1.47. The number of amides is 2. The summed E-state index contributed by atoms with van der Waals surface area (Å²) in [5, 5.41) is 10.00. The van der Waals surface area contributed by atoms with E-state index in [0.29, 0.717) is 38.2 Å². The molecule has 1 aliphatic rings. The number of carbonyl (C=O) groups is 2. The van der Waals surface area contributed by atoms with Crippen LogP contribution in [0.2, 0.25) is 15.1 Å². The standard InChI is InChI=1S/C26H17Cl3N2O4S/c1-34-22-10-16(9-21(29)24(22)35-14-15-6-7-19(27)20(28)8-15)11-23-25(32)31(26(33)36-23)13-18-5-3-2-4-17(18)12-30/h2-11H,13-14H2,1H3/b23-11+. The van der Waals surface area contributed by atoms with Crippen LogP contribution in [0.25, 0.3) is 6.08 Å². The lowest BCUT2D eigenvalue weighted by Gasteiger charge is -2.14. The number of rotatable bonds is 7. The number of benzene rings is 3. The molecule has 4 rings (SSSR count). The highest BCUT2D eigenvalue weighted by Gasteiger charge is 2.35. The van der Waals surface area contributed by atoms with Gasteiger partial charge in [0.25, 0.3) is 11.1 Å².